The van der Waals surface area contributed by atoms with Crippen LogP contribution in [0.3, 0.4) is 0 Å². The molecule has 0 fully saturated rings. The van der Waals surface area contributed by atoms with E-state index in [1.54, 1.807) is 6.20 Å². The molecule has 0 saturated heterocycles. The second-order valence-electron chi connectivity index (χ2n) is 4.96. The van der Waals surface area contributed by atoms with E-state index in [1.807, 2.05) is 18.3 Å². The van der Waals surface area contributed by atoms with Crippen molar-refractivity contribution in [2.75, 3.05) is 5.73 Å². The fourth-order valence-corrected chi connectivity index (χ4v) is 2.35. The number of rotatable bonds is 2. The Kier molecular flexibility index (Phi) is 2.99. The summed E-state index contributed by atoms with van der Waals surface area (Å²) in [5, 5.41) is 0. The molecule has 0 spiro atoms. The smallest absolute Gasteiger partial charge is 0.141 e. The summed E-state index contributed by atoms with van der Waals surface area (Å²) in [6.07, 6.45) is 3.50. The van der Waals surface area contributed by atoms with Crippen LogP contribution < -0.4 is 5.73 Å². The third-order valence-electron chi connectivity index (χ3n) is 3.20. The van der Waals surface area contributed by atoms with E-state index in [1.165, 1.54) is 11.1 Å². The van der Waals surface area contributed by atoms with Crippen molar-refractivity contribution in [3.63, 3.8) is 0 Å². The first-order chi connectivity index (χ1) is 9.63. The molecule has 0 aliphatic rings. The zero-order chi connectivity index (χ0) is 14.1. The van der Waals surface area contributed by atoms with Gasteiger partial charge in [0.15, 0.2) is 0 Å². The fourth-order valence-electron chi connectivity index (χ4n) is 2.35. The zero-order valence-electron chi connectivity index (χ0n) is 11.5. The molecule has 0 unspecified atom stereocenters. The van der Waals surface area contributed by atoms with Crippen LogP contribution in [0.4, 0.5) is 5.82 Å². The molecular weight excluding hydrogens is 248 g/mol. The van der Waals surface area contributed by atoms with Gasteiger partial charge in [-0.25, -0.2) is 9.97 Å². The summed E-state index contributed by atoms with van der Waals surface area (Å²) in [4.78, 5) is 11.8. The normalized spacial score (nSPS) is 10.7. The average Bonchev–Trinajstić information content (AvgIpc) is 2.87. The molecule has 1 aromatic carbocycles. The number of nitrogens with two attached hydrogens (primary N) is 1. The number of aromatic amines is 1. The van der Waals surface area contributed by atoms with Crippen molar-refractivity contribution in [3.8, 4) is 22.6 Å². The first kappa shape index (κ1) is 12.4. The molecule has 4 heteroatoms. The van der Waals surface area contributed by atoms with Crippen molar-refractivity contribution in [2.24, 2.45) is 0 Å². The van der Waals surface area contributed by atoms with Gasteiger partial charge in [0.05, 0.1) is 17.5 Å². The Balaban J connectivity index is 2.04. The molecule has 3 aromatic rings. The number of pyridine rings is 1. The van der Waals surface area contributed by atoms with Gasteiger partial charge in [0.1, 0.15) is 11.6 Å². The Morgan fingerprint density at radius 1 is 1.05 bits per heavy atom. The summed E-state index contributed by atoms with van der Waals surface area (Å²) in [5.41, 5.74) is 11.3. The third kappa shape index (κ3) is 2.28. The predicted molar refractivity (Wildman–Crippen MR) is 81.1 cm³/mol. The summed E-state index contributed by atoms with van der Waals surface area (Å²) >= 11 is 0. The number of aromatic nitrogens is 3. The van der Waals surface area contributed by atoms with Crippen LogP contribution in [-0.2, 0) is 0 Å². The molecule has 0 atom stereocenters. The number of benzene rings is 1. The number of anilines is 1. The molecule has 0 amide bonds. The lowest BCUT2D eigenvalue weighted by molar-refractivity contribution is 1.27. The standard InChI is InChI=1S/C16H16N4/c1-10-6-11(2)8-12(7-10)14-9-19-16(20-14)13-4-3-5-18-15(13)17/h3-9H,1-2H3,(H2,17,18)(H,19,20). The molecule has 0 saturated carbocycles. The van der Waals surface area contributed by atoms with Gasteiger partial charge in [-0.15, -0.1) is 0 Å². The minimum absolute atomic E-state index is 0.480. The quantitative estimate of drug-likeness (QED) is 0.746. The van der Waals surface area contributed by atoms with E-state index in [0.29, 0.717) is 5.82 Å². The monoisotopic (exact) mass is 264 g/mol. The average molecular weight is 264 g/mol. The van der Waals surface area contributed by atoms with Crippen molar-refractivity contribution in [1.29, 1.82) is 0 Å². The molecular formula is C16H16N4. The second-order valence-corrected chi connectivity index (χ2v) is 4.96. The van der Waals surface area contributed by atoms with E-state index in [2.05, 4.69) is 47.0 Å². The van der Waals surface area contributed by atoms with Gasteiger partial charge < -0.3 is 10.7 Å². The van der Waals surface area contributed by atoms with Gasteiger partial charge in [0.2, 0.25) is 0 Å². The van der Waals surface area contributed by atoms with Crippen molar-refractivity contribution in [1.82, 2.24) is 15.0 Å². The maximum atomic E-state index is 5.88. The highest BCUT2D eigenvalue weighted by atomic mass is 14.9. The molecule has 0 bridgehead atoms. The lowest BCUT2D eigenvalue weighted by Crippen LogP contribution is -1.94. The highest BCUT2D eigenvalue weighted by Gasteiger charge is 2.09. The van der Waals surface area contributed by atoms with Crippen molar-refractivity contribution < 1.29 is 0 Å². The Morgan fingerprint density at radius 3 is 2.50 bits per heavy atom. The summed E-state index contributed by atoms with van der Waals surface area (Å²) in [5.74, 6) is 1.22. The number of aryl methyl sites for hydroxylation is 2. The molecule has 4 nitrogen and oxygen atoms in total. The van der Waals surface area contributed by atoms with Crippen molar-refractivity contribution >= 4 is 5.82 Å². The molecule has 2 heterocycles. The number of nitrogens with zero attached hydrogens (tertiary/aromatic N) is 2. The van der Waals surface area contributed by atoms with Crippen LogP contribution in [0.5, 0.6) is 0 Å². The highest BCUT2D eigenvalue weighted by molar-refractivity contribution is 5.71. The van der Waals surface area contributed by atoms with Gasteiger partial charge in [-0.3, -0.25) is 0 Å². The maximum absolute atomic E-state index is 5.88. The van der Waals surface area contributed by atoms with Gasteiger partial charge in [0, 0.05) is 11.8 Å². The summed E-state index contributed by atoms with van der Waals surface area (Å²) in [6, 6.07) is 10.2. The number of H-pyrrole nitrogens is 1. The van der Waals surface area contributed by atoms with E-state index >= 15 is 0 Å². The number of nitrogen functional groups attached to an aromatic ring is 1. The molecule has 100 valence electrons. The SMILES string of the molecule is Cc1cc(C)cc(-c2cnc(-c3cccnc3N)[nH]2)c1. The minimum Gasteiger partial charge on any atom is -0.383 e. The van der Waals surface area contributed by atoms with Gasteiger partial charge in [0.25, 0.3) is 0 Å². The Hall–Kier alpha value is -2.62. The zero-order valence-corrected chi connectivity index (χ0v) is 11.5. The summed E-state index contributed by atoms with van der Waals surface area (Å²) < 4.78 is 0. The Bertz CT molecular complexity index is 738. The first-order valence-electron chi connectivity index (χ1n) is 6.48. The highest BCUT2D eigenvalue weighted by Crippen LogP contribution is 2.25. The topological polar surface area (TPSA) is 67.6 Å². The molecule has 0 aliphatic heterocycles. The molecule has 3 rings (SSSR count). The molecule has 0 aliphatic carbocycles. The van der Waals surface area contributed by atoms with Crippen LogP contribution in [0.1, 0.15) is 11.1 Å². The summed E-state index contributed by atoms with van der Waals surface area (Å²) in [6.45, 7) is 4.18. The third-order valence-corrected chi connectivity index (χ3v) is 3.20. The van der Waals surface area contributed by atoms with Crippen LogP contribution in [-0.4, -0.2) is 15.0 Å². The lowest BCUT2D eigenvalue weighted by Gasteiger charge is -2.03. The van der Waals surface area contributed by atoms with Crippen LogP contribution in [0.2, 0.25) is 0 Å². The Labute approximate surface area is 117 Å². The predicted octanol–water partition coefficient (Wildman–Crippen LogP) is 3.34. The maximum Gasteiger partial charge on any atom is 0.141 e. The van der Waals surface area contributed by atoms with Crippen LogP contribution in [0.25, 0.3) is 22.6 Å². The number of hydrogen-bond acceptors (Lipinski definition) is 3. The van der Waals surface area contributed by atoms with Gasteiger partial charge >= 0.3 is 0 Å². The molecule has 0 radical (unpaired) electrons. The number of nitrogens with one attached hydrogen (secondary N) is 1. The largest absolute Gasteiger partial charge is 0.383 e. The van der Waals surface area contributed by atoms with Gasteiger partial charge in [-0.1, -0.05) is 17.2 Å². The van der Waals surface area contributed by atoms with Gasteiger partial charge in [-0.2, -0.15) is 0 Å². The van der Waals surface area contributed by atoms with Crippen LogP contribution in [0, 0.1) is 13.8 Å². The molecule has 2 aromatic heterocycles. The molecule has 3 N–H and O–H groups in total. The van der Waals surface area contributed by atoms with Crippen molar-refractivity contribution in [3.05, 3.63) is 53.9 Å². The van der Waals surface area contributed by atoms with E-state index in [-0.39, 0.29) is 0 Å². The first-order valence-corrected chi connectivity index (χ1v) is 6.48. The Morgan fingerprint density at radius 2 is 1.80 bits per heavy atom. The summed E-state index contributed by atoms with van der Waals surface area (Å²) in [7, 11) is 0. The van der Waals surface area contributed by atoms with E-state index < -0.39 is 0 Å². The number of imidazole rings is 1. The lowest BCUT2D eigenvalue weighted by atomic mass is 10.1. The molecule has 20 heavy (non-hydrogen) atoms. The van der Waals surface area contributed by atoms with E-state index in [0.717, 1.165) is 22.6 Å². The van der Waals surface area contributed by atoms with E-state index in [9.17, 15) is 0 Å². The fraction of sp³-hybridized carbons (Fsp3) is 0.125. The van der Waals surface area contributed by atoms with Crippen LogP contribution >= 0.6 is 0 Å². The second kappa shape index (κ2) is 4.81. The van der Waals surface area contributed by atoms with Crippen LogP contribution in [0.15, 0.2) is 42.7 Å². The van der Waals surface area contributed by atoms with E-state index in [4.69, 9.17) is 5.73 Å². The number of hydrogen-bond donors (Lipinski definition) is 2. The van der Waals surface area contributed by atoms with Crippen molar-refractivity contribution in [2.45, 2.75) is 13.8 Å². The van der Waals surface area contributed by atoms with Gasteiger partial charge in [-0.05, 0) is 38.1 Å². The minimum atomic E-state index is 0.480.